The van der Waals surface area contributed by atoms with Gasteiger partial charge >= 0.3 is 28.9 Å². The van der Waals surface area contributed by atoms with Crippen molar-refractivity contribution < 1.29 is 93.9 Å². The summed E-state index contributed by atoms with van der Waals surface area (Å²) >= 11 is 12.7. The summed E-state index contributed by atoms with van der Waals surface area (Å²) in [5, 5.41) is 18.8. The predicted molar refractivity (Wildman–Crippen MR) is 324 cm³/mol. The van der Waals surface area contributed by atoms with Gasteiger partial charge in [0.1, 0.15) is 70.4 Å². The first kappa shape index (κ1) is 64.2. The molecule has 0 radical (unpaired) electrons. The van der Waals surface area contributed by atoms with Crippen molar-refractivity contribution >= 4 is 144 Å². The van der Waals surface area contributed by atoms with Gasteiger partial charge in [-0.25, -0.2) is 38.9 Å². The third-order valence-corrected chi connectivity index (χ3v) is 23.9. The van der Waals surface area contributed by atoms with Gasteiger partial charge in [0.2, 0.25) is 11.9 Å². The summed E-state index contributed by atoms with van der Waals surface area (Å²) in [6.45, 7) is -10.6. The van der Waals surface area contributed by atoms with Crippen molar-refractivity contribution in [2.24, 2.45) is 0 Å². The second kappa shape index (κ2) is 23.9. The number of aromatic amines is 2. The number of nitrogen functional groups attached to an aromatic ring is 4. The van der Waals surface area contributed by atoms with Crippen LogP contribution in [0, 0.1) is 0 Å². The number of thioether (sulfide) groups is 2. The van der Waals surface area contributed by atoms with Crippen molar-refractivity contribution in [3.8, 4) is 0 Å². The van der Waals surface area contributed by atoms with Gasteiger partial charge < -0.3 is 85.2 Å². The molecule has 7 aliphatic heterocycles. The fourth-order valence-corrected chi connectivity index (χ4v) is 19.5. The first-order valence-corrected chi connectivity index (χ1v) is 37.4. The maximum atomic E-state index is 16.0. The molecule has 0 saturated carbocycles. The number of aliphatic hydroxyl groups excluding tert-OH is 2. The van der Waals surface area contributed by atoms with Gasteiger partial charge in [0.25, 0.3) is 11.1 Å². The van der Waals surface area contributed by atoms with Crippen molar-refractivity contribution in [2.45, 2.75) is 94.3 Å². The monoisotopic (exact) mass is 1440 g/mol. The second-order valence-corrected chi connectivity index (χ2v) is 33.1. The molecule has 92 heavy (non-hydrogen) atoms. The molecule has 0 spiro atoms. The summed E-state index contributed by atoms with van der Waals surface area (Å²) in [6.07, 6.45) is -7.54. The zero-order valence-corrected chi connectivity index (χ0v) is 53.1. The van der Waals surface area contributed by atoms with E-state index in [1.54, 1.807) is 10.6 Å². The summed E-state index contributed by atoms with van der Waals surface area (Å²) in [5.74, 6) is -0.381. The molecule has 0 aliphatic carbocycles. The van der Waals surface area contributed by atoms with E-state index in [1.807, 2.05) is 0 Å². The van der Waals surface area contributed by atoms with Gasteiger partial charge in [0.05, 0.1) is 92.4 Å². The third-order valence-electron chi connectivity index (χ3n) is 15.7. The maximum Gasteiger partial charge on any atom is 0.472 e. The number of nitrogens with one attached hydrogen (secondary N) is 2. The van der Waals surface area contributed by atoms with Crippen LogP contribution in [0.4, 0.5) is 27.7 Å². The number of rotatable bonds is 4. The number of halogens is 1. The molecule has 8 aromatic rings. The van der Waals surface area contributed by atoms with Crippen LogP contribution >= 0.6 is 52.4 Å². The lowest BCUT2D eigenvalue weighted by Gasteiger charge is -2.33. The zero-order chi connectivity index (χ0) is 64.7. The van der Waals surface area contributed by atoms with Gasteiger partial charge in [0, 0.05) is 12.4 Å². The average Bonchev–Trinajstić information content (AvgIpc) is 1.58. The number of H-pyrrole nitrogens is 2. The van der Waals surface area contributed by atoms with E-state index in [4.69, 9.17) is 97.2 Å². The molecule has 7 aliphatic rings. The lowest BCUT2D eigenvalue weighted by Crippen LogP contribution is -2.46. The molecule has 15 heterocycles. The summed E-state index contributed by atoms with van der Waals surface area (Å²) in [4.78, 5) is 107. The highest BCUT2D eigenvalue weighted by Gasteiger charge is 2.65. The van der Waals surface area contributed by atoms with Crippen LogP contribution < -0.4 is 34.1 Å². The van der Waals surface area contributed by atoms with Crippen molar-refractivity contribution in [1.29, 1.82) is 0 Å². The second-order valence-electron chi connectivity index (χ2n) is 21.6. The Balaban J connectivity index is 0.000000160. The van der Waals surface area contributed by atoms with Crippen molar-refractivity contribution in [2.75, 3.05) is 62.3 Å². The van der Waals surface area contributed by atoms with Gasteiger partial charge in [-0.3, -0.25) is 60.5 Å². The number of fused-ring (bicyclic) bond motifs is 9. The molecular weight excluding hydrogens is 1390 g/mol. The molecule has 15 rings (SSSR count). The van der Waals surface area contributed by atoms with Crippen LogP contribution in [0.1, 0.15) is 23.2 Å². The molecule has 4 unspecified atom stereocenters. The summed E-state index contributed by atoms with van der Waals surface area (Å²) in [7, 11) is -9.44. The van der Waals surface area contributed by atoms with E-state index >= 15 is 4.39 Å². The number of hydrogen-bond donors (Lipinski definition) is 12. The number of nitrogens with zero attached hydrogens (tertiary/aromatic N) is 12. The Kier molecular flexibility index (Phi) is 16.7. The lowest BCUT2D eigenvalue weighted by molar-refractivity contribution is -0.184. The number of aromatic nitrogens is 14. The Morgan fingerprint density at radius 1 is 0.609 bits per heavy atom. The number of ether oxygens (including phenoxy) is 4. The molecule has 6 bridgehead atoms. The normalized spacial score (nSPS) is 38.5. The van der Waals surface area contributed by atoms with Gasteiger partial charge in [-0.1, -0.05) is 0 Å². The molecule has 39 nitrogen and oxygen atoms in total. The zero-order valence-electron chi connectivity index (χ0n) is 46.3. The van der Waals surface area contributed by atoms with E-state index in [-0.39, 0.29) is 57.7 Å². The number of anilines is 4. The van der Waals surface area contributed by atoms with E-state index in [1.165, 1.54) is 57.5 Å². The highest BCUT2D eigenvalue weighted by Crippen LogP contribution is 2.60. The number of phosphoric acid groups is 1. The molecule has 20 atom stereocenters. The first-order valence-electron chi connectivity index (χ1n) is 27.1. The van der Waals surface area contributed by atoms with E-state index in [0.29, 0.717) is 16.9 Å². The summed E-state index contributed by atoms with van der Waals surface area (Å²) in [6, 6.07) is 3.11. The van der Waals surface area contributed by atoms with Gasteiger partial charge in [0.15, 0.2) is 52.2 Å². The Hall–Kier alpha value is -5.15. The molecule has 7 saturated heterocycles. The number of pyridine rings is 2. The fourth-order valence-electron chi connectivity index (χ4n) is 11.5. The first-order chi connectivity index (χ1) is 43.7. The van der Waals surface area contributed by atoms with E-state index < -0.39 is 167 Å². The number of imidazole rings is 4. The Bertz CT molecular complexity index is 4560. The topological polar surface area (TPSA) is 550 Å². The van der Waals surface area contributed by atoms with Crippen LogP contribution in [0.5, 0.6) is 0 Å². The van der Waals surface area contributed by atoms with Crippen molar-refractivity contribution in [1.82, 2.24) is 68.1 Å². The van der Waals surface area contributed by atoms with Crippen LogP contribution in [0.15, 0.2) is 59.4 Å². The van der Waals surface area contributed by atoms with Crippen LogP contribution in [0.25, 0.3) is 44.7 Å². The molecule has 0 aromatic carbocycles. The summed E-state index contributed by atoms with van der Waals surface area (Å²) < 4.78 is 111. The Labute approximate surface area is 530 Å². The van der Waals surface area contributed by atoms with Crippen LogP contribution in [0.2, 0.25) is 0 Å². The largest absolute Gasteiger partial charge is 0.472 e. The standard InChI is InChI=1S/C23H27N9O11P2S2.C21H24FN9O10P2S2/c24-9-1-2-26-17-11(9)27-6-31(17)20-15-16-23(42-20,4-38-15)5-41-45(37,46)43-14-13(33)10(3-40-44(35,36)8-39-16)47-21(14)32-7-28-12-18(32)29-22(25)30-19(12)34;22-10-14-8(39-19(10)30-5-26-11-7(23)1-2-25-16(11)30)3-38-43(36,44)41-15-13(32)9(4-37-42(34,35)40-14)45-20(15)31-6-27-12-17(31)28-21(24)29-18(12)33/h1-2,6-7,10,13-16,20-21,33H,3-5,8H2,(H2,24,26)(H,35,36)(H,37,46)(H3,25,29,30,34);1-2,5-6,8-10,13-15,19-20,32H,3-4H2,(H2,23,25)(H,34,35)(H,36,44)(H3,24,28,29,33)/t10-,13-,14-,15-,16+,20-,21-,23-,45?;8-,9-,10+,13-,14-,15-,19-,20-,43?/m11/s1. The minimum absolute atomic E-state index is 0.0334. The quantitative estimate of drug-likeness (QED) is 0.0999. The van der Waals surface area contributed by atoms with Gasteiger partial charge in [-0.05, 0) is 35.7 Å². The molecule has 494 valence electrons. The van der Waals surface area contributed by atoms with Crippen molar-refractivity contribution in [3.05, 3.63) is 70.5 Å². The van der Waals surface area contributed by atoms with Crippen molar-refractivity contribution in [3.63, 3.8) is 0 Å². The molecule has 8 aromatic heterocycles. The fraction of sp³-hybridized carbons (Fsp3) is 0.500. The number of phosphoric ester groups is 1. The predicted octanol–water partition coefficient (Wildman–Crippen LogP) is -0.379. The van der Waals surface area contributed by atoms with Crippen LogP contribution in [0.3, 0.4) is 0 Å². The SMILES string of the molecule is Nc1nc2c(ncn2[C@@H]2S[C@@H]3COP(=O)(O)CO[C@H]4[C@H]5OC[C@]4(COP(O)(=S)O[C@@H]2[C@@H]3O)O[C@H]5n2cnc3c(N)ccnc32)c(=O)[nH]1.Nc1nc2c(ncn2[C@@H]2S[C@@H]3COP(=O)(O)O[C@H]4[C@H](F)[C@H](n5cnc6c(N)ccnc65)O[C@@H]4COP(O)(=S)O[C@@H]2[C@@H]3O)c(=O)[nH]1. The number of nitrogens with two attached hydrogens (primary N) is 4. The molecular formula is C44H51FN18O21P4S4. The average molecular weight is 1440 g/mol. The van der Waals surface area contributed by atoms with Crippen LogP contribution in [-0.2, 0) is 83.4 Å². The highest BCUT2D eigenvalue weighted by molar-refractivity contribution is 8.07. The van der Waals surface area contributed by atoms with Gasteiger partial charge in [-0.15, -0.1) is 23.5 Å². The Morgan fingerprint density at radius 2 is 1.12 bits per heavy atom. The Morgan fingerprint density at radius 3 is 1.68 bits per heavy atom. The molecule has 48 heteroatoms. The summed E-state index contributed by atoms with van der Waals surface area (Å²) in [5.41, 5.74) is 22.8. The van der Waals surface area contributed by atoms with E-state index in [0.717, 1.165) is 23.5 Å². The third kappa shape index (κ3) is 11.7. The molecule has 16 N–H and O–H groups in total. The highest BCUT2D eigenvalue weighted by atomic mass is 32.5. The number of aliphatic hydroxyl groups is 2. The van der Waals surface area contributed by atoms with E-state index in [2.05, 4.69) is 49.8 Å². The van der Waals surface area contributed by atoms with Gasteiger partial charge in [-0.2, -0.15) is 9.97 Å². The van der Waals surface area contributed by atoms with Crippen LogP contribution in [-0.4, -0.2) is 208 Å². The van der Waals surface area contributed by atoms with E-state index in [9.17, 15) is 48.5 Å². The molecule has 0 amide bonds. The minimum Gasteiger partial charge on any atom is -0.397 e. The molecule has 7 fully saturated rings. The lowest BCUT2D eigenvalue weighted by atomic mass is 10.0. The number of alkyl halides is 1. The number of hydrogen-bond acceptors (Lipinski definition) is 33. The maximum absolute atomic E-state index is 16.0. The minimum atomic E-state index is -5.02. The smallest absolute Gasteiger partial charge is 0.397 e.